The molecule has 1 aromatic carbocycles. The largest absolute Gasteiger partial charge is 0.491 e. The topological polar surface area (TPSA) is 35.2 Å². The number of benzene rings is 1. The Balaban J connectivity index is 2.94. The third-order valence-electron chi connectivity index (χ3n) is 1.58. The predicted octanol–water partition coefficient (Wildman–Crippen LogP) is 2.76. The lowest BCUT2D eigenvalue weighted by atomic mass is 10.2. The van der Waals surface area contributed by atoms with Gasteiger partial charge in [0.05, 0.1) is 11.1 Å². The van der Waals surface area contributed by atoms with Crippen LogP contribution in [0.3, 0.4) is 0 Å². The van der Waals surface area contributed by atoms with Gasteiger partial charge in [-0.1, -0.05) is 23.8 Å². The number of halogens is 1. The van der Waals surface area contributed by atoms with Gasteiger partial charge < -0.3 is 10.5 Å². The molecule has 0 aliphatic rings. The van der Waals surface area contributed by atoms with Crippen LogP contribution in [0, 0.1) is 0 Å². The Bertz CT molecular complexity index is 352. The van der Waals surface area contributed by atoms with Gasteiger partial charge in [0.15, 0.2) is 0 Å². The maximum Gasteiger partial charge on any atom is 0.121 e. The molecule has 2 nitrogen and oxygen atoms in total. The molecule has 2 N–H and O–H groups in total. The van der Waals surface area contributed by atoms with Gasteiger partial charge in [0.2, 0.25) is 0 Å². The Hall–Kier alpha value is -0.800. The van der Waals surface area contributed by atoms with Crippen LogP contribution in [0.4, 0.5) is 0 Å². The van der Waals surface area contributed by atoms with Crippen molar-refractivity contribution in [2.45, 2.75) is 20.0 Å². The molecule has 0 heterocycles. The molecule has 1 rings (SSSR count). The van der Waals surface area contributed by atoms with Crippen molar-refractivity contribution in [3.63, 3.8) is 0 Å². The Morgan fingerprint density at radius 1 is 1.50 bits per heavy atom. The standard InChI is InChI=1S/C10H12ClNOS/c1-6(2)13-7-3-4-8(10(12)14)9(11)5-7/h3-6H,1-2H3,(H2,12,14). The maximum atomic E-state index is 5.96. The highest BCUT2D eigenvalue weighted by atomic mass is 35.5. The lowest BCUT2D eigenvalue weighted by molar-refractivity contribution is 0.242. The Kier molecular flexibility index (Phi) is 3.72. The van der Waals surface area contributed by atoms with Crippen LogP contribution in [0.1, 0.15) is 19.4 Å². The highest BCUT2D eigenvalue weighted by Gasteiger charge is 2.05. The summed E-state index contributed by atoms with van der Waals surface area (Å²) in [7, 11) is 0. The van der Waals surface area contributed by atoms with Crippen molar-refractivity contribution in [3.05, 3.63) is 28.8 Å². The van der Waals surface area contributed by atoms with E-state index in [-0.39, 0.29) is 6.10 Å². The quantitative estimate of drug-likeness (QED) is 0.810. The van der Waals surface area contributed by atoms with E-state index in [0.29, 0.717) is 15.6 Å². The van der Waals surface area contributed by atoms with E-state index in [1.54, 1.807) is 18.2 Å². The molecule has 0 radical (unpaired) electrons. The summed E-state index contributed by atoms with van der Waals surface area (Å²) in [5.74, 6) is 0.727. The number of thiocarbonyl (C=S) groups is 1. The lowest BCUT2D eigenvalue weighted by Crippen LogP contribution is -2.10. The molecule has 0 saturated heterocycles. The van der Waals surface area contributed by atoms with Gasteiger partial charge in [-0.05, 0) is 32.0 Å². The average molecular weight is 230 g/mol. The van der Waals surface area contributed by atoms with Crippen LogP contribution >= 0.6 is 23.8 Å². The summed E-state index contributed by atoms with van der Waals surface area (Å²) in [6.45, 7) is 3.91. The van der Waals surface area contributed by atoms with E-state index in [2.05, 4.69) is 0 Å². The molecule has 0 aromatic heterocycles. The van der Waals surface area contributed by atoms with E-state index in [4.69, 9.17) is 34.3 Å². The molecule has 4 heteroatoms. The maximum absolute atomic E-state index is 5.96. The number of hydrogen-bond acceptors (Lipinski definition) is 2. The van der Waals surface area contributed by atoms with Gasteiger partial charge in [0, 0.05) is 5.56 Å². The summed E-state index contributed by atoms with van der Waals surface area (Å²) in [4.78, 5) is 0.297. The molecule has 0 spiro atoms. The lowest BCUT2D eigenvalue weighted by Gasteiger charge is -2.10. The fraction of sp³-hybridized carbons (Fsp3) is 0.300. The fourth-order valence-corrected chi connectivity index (χ4v) is 1.55. The zero-order chi connectivity index (χ0) is 10.7. The summed E-state index contributed by atoms with van der Waals surface area (Å²) >= 11 is 10.8. The molecule has 0 aliphatic heterocycles. The van der Waals surface area contributed by atoms with E-state index >= 15 is 0 Å². The molecular formula is C10H12ClNOS. The van der Waals surface area contributed by atoms with Crippen molar-refractivity contribution in [1.82, 2.24) is 0 Å². The Morgan fingerprint density at radius 3 is 2.57 bits per heavy atom. The predicted molar refractivity (Wildman–Crippen MR) is 63.1 cm³/mol. The first-order chi connectivity index (χ1) is 6.50. The summed E-state index contributed by atoms with van der Waals surface area (Å²) in [6, 6.07) is 5.29. The molecule has 76 valence electrons. The fourth-order valence-electron chi connectivity index (χ4n) is 1.04. The van der Waals surface area contributed by atoms with Crippen LogP contribution in [-0.4, -0.2) is 11.1 Å². The summed E-state index contributed by atoms with van der Waals surface area (Å²) in [5.41, 5.74) is 6.15. The van der Waals surface area contributed by atoms with Gasteiger partial charge in [-0.25, -0.2) is 0 Å². The molecule has 14 heavy (non-hydrogen) atoms. The zero-order valence-corrected chi connectivity index (χ0v) is 9.65. The van der Waals surface area contributed by atoms with E-state index in [1.807, 2.05) is 13.8 Å². The van der Waals surface area contributed by atoms with Crippen molar-refractivity contribution >= 4 is 28.8 Å². The van der Waals surface area contributed by atoms with Crippen LogP contribution in [-0.2, 0) is 0 Å². The van der Waals surface area contributed by atoms with Crippen molar-refractivity contribution < 1.29 is 4.74 Å². The van der Waals surface area contributed by atoms with E-state index < -0.39 is 0 Å². The van der Waals surface area contributed by atoms with Gasteiger partial charge >= 0.3 is 0 Å². The molecule has 0 fully saturated rings. The Morgan fingerprint density at radius 2 is 2.14 bits per heavy atom. The summed E-state index contributed by atoms with van der Waals surface area (Å²) in [6.07, 6.45) is 0.127. The van der Waals surface area contributed by atoms with Gasteiger partial charge in [-0.3, -0.25) is 0 Å². The van der Waals surface area contributed by atoms with Crippen molar-refractivity contribution in [2.24, 2.45) is 5.73 Å². The highest BCUT2D eigenvalue weighted by molar-refractivity contribution is 7.80. The second-order valence-corrected chi connectivity index (χ2v) is 4.02. The van der Waals surface area contributed by atoms with Crippen LogP contribution in [0.25, 0.3) is 0 Å². The van der Waals surface area contributed by atoms with Gasteiger partial charge in [0.1, 0.15) is 10.7 Å². The summed E-state index contributed by atoms with van der Waals surface area (Å²) in [5, 5.41) is 0.524. The molecule has 0 amide bonds. The van der Waals surface area contributed by atoms with Crippen LogP contribution in [0.2, 0.25) is 5.02 Å². The monoisotopic (exact) mass is 229 g/mol. The van der Waals surface area contributed by atoms with Gasteiger partial charge in [0.25, 0.3) is 0 Å². The minimum Gasteiger partial charge on any atom is -0.491 e. The SMILES string of the molecule is CC(C)Oc1ccc(C(N)=S)c(Cl)c1. The third-order valence-corrected chi connectivity index (χ3v) is 2.11. The minimum atomic E-state index is 0.127. The first-order valence-electron chi connectivity index (χ1n) is 4.26. The highest BCUT2D eigenvalue weighted by Crippen LogP contribution is 2.23. The zero-order valence-electron chi connectivity index (χ0n) is 8.08. The number of nitrogens with two attached hydrogens (primary N) is 1. The first-order valence-corrected chi connectivity index (χ1v) is 5.05. The van der Waals surface area contributed by atoms with Gasteiger partial charge in [-0.2, -0.15) is 0 Å². The second kappa shape index (κ2) is 4.62. The number of hydrogen-bond donors (Lipinski definition) is 1. The number of rotatable bonds is 3. The Labute approximate surface area is 94.0 Å². The van der Waals surface area contributed by atoms with Crippen molar-refractivity contribution in [1.29, 1.82) is 0 Å². The number of ether oxygens (including phenoxy) is 1. The van der Waals surface area contributed by atoms with E-state index in [1.165, 1.54) is 0 Å². The van der Waals surface area contributed by atoms with Crippen molar-refractivity contribution in [2.75, 3.05) is 0 Å². The van der Waals surface area contributed by atoms with Crippen molar-refractivity contribution in [3.8, 4) is 5.75 Å². The molecule has 1 aromatic rings. The molecule has 0 bridgehead atoms. The average Bonchev–Trinajstić information content (AvgIpc) is 2.01. The third kappa shape index (κ3) is 2.86. The molecule has 0 aliphatic carbocycles. The van der Waals surface area contributed by atoms with E-state index in [9.17, 15) is 0 Å². The van der Waals surface area contributed by atoms with Gasteiger partial charge in [-0.15, -0.1) is 0 Å². The minimum absolute atomic E-state index is 0.127. The second-order valence-electron chi connectivity index (χ2n) is 3.17. The molecule has 0 unspecified atom stereocenters. The molecule has 0 atom stereocenters. The normalized spacial score (nSPS) is 10.3. The summed E-state index contributed by atoms with van der Waals surface area (Å²) < 4.78 is 5.46. The van der Waals surface area contributed by atoms with Crippen LogP contribution in [0.5, 0.6) is 5.75 Å². The first kappa shape index (κ1) is 11.3. The van der Waals surface area contributed by atoms with Crippen LogP contribution in [0.15, 0.2) is 18.2 Å². The molecule has 0 saturated carbocycles. The smallest absolute Gasteiger partial charge is 0.121 e. The van der Waals surface area contributed by atoms with Crippen LogP contribution < -0.4 is 10.5 Å². The van der Waals surface area contributed by atoms with E-state index in [0.717, 1.165) is 5.75 Å². The molecular weight excluding hydrogens is 218 g/mol.